The van der Waals surface area contributed by atoms with Gasteiger partial charge in [-0.2, -0.15) is 0 Å². The number of hydrogen-bond donors (Lipinski definition) is 0. The lowest BCUT2D eigenvalue weighted by molar-refractivity contribution is 0.104. The third-order valence-corrected chi connectivity index (χ3v) is 3.31. The molecule has 1 aliphatic rings. The van der Waals surface area contributed by atoms with E-state index in [1.807, 2.05) is 36.4 Å². The molecule has 0 unspecified atom stereocenters. The number of benzene rings is 1. The molecule has 0 heterocycles. The van der Waals surface area contributed by atoms with Crippen molar-refractivity contribution in [3.8, 4) is 0 Å². The fraction of sp³-hybridized carbons (Fsp3) is 0.400. The van der Waals surface area contributed by atoms with E-state index in [0.29, 0.717) is 0 Å². The zero-order chi connectivity index (χ0) is 11.4. The number of hydrogen-bond acceptors (Lipinski definition) is 1. The fourth-order valence-corrected chi connectivity index (χ4v) is 2.15. The van der Waals surface area contributed by atoms with E-state index >= 15 is 0 Å². The van der Waals surface area contributed by atoms with E-state index in [2.05, 4.69) is 6.92 Å². The van der Waals surface area contributed by atoms with Crippen LogP contribution in [0.3, 0.4) is 0 Å². The lowest BCUT2D eigenvalue weighted by Gasteiger charge is -2.19. The standard InChI is InChI=1S/C15H18O/c1-12-7-9-13(10-8-12)11-15(16)14-5-3-2-4-6-14/h2-6,11-12H,7-10H2,1H3. The molecule has 0 amide bonds. The third-order valence-electron chi connectivity index (χ3n) is 3.31. The molecule has 0 saturated heterocycles. The highest BCUT2D eigenvalue weighted by atomic mass is 16.1. The molecule has 1 aromatic carbocycles. The van der Waals surface area contributed by atoms with Gasteiger partial charge in [-0.25, -0.2) is 0 Å². The SMILES string of the molecule is CC1CCC(=CC(=O)c2ccccc2)CC1. The lowest BCUT2D eigenvalue weighted by atomic mass is 9.86. The first-order chi connectivity index (χ1) is 7.75. The highest BCUT2D eigenvalue weighted by molar-refractivity contribution is 6.04. The number of carbonyl (C=O) groups is 1. The van der Waals surface area contributed by atoms with Crippen LogP contribution in [-0.2, 0) is 0 Å². The average Bonchev–Trinajstić information content (AvgIpc) is 2.33. The van der Waals surface area contributed by atoms with Crippen molar-refractivity contribution in [2.24, 2.45) is 5.92 Å². The van der Waals surface area contributed by atoms with Crippen LogP contribution in [0.4, 0.5) is 0 Å². The average molecular weight is 214 g/mol. The number of ketones is 1. The van der Waals surface area contributed by atoms with Crippen LogP contribution in [-0.4, -0.2) is 5.78 Å². The quantitative estimate of drug-likeness (QED) is 0.537. The summed E-state index contributed by atoms with van der Waals surface area (Å²) in [5.74, 6) is 0.981. The van der Waals surface area contributed by atoms with Crippen LogP contribution in [0.15, 0.2) is 42.0 Å². The van der Waals surface area contributed by atoms with E-state index in [4.69, 9.17) is 0 Å². The number of allylic oxidation sites excluding steroid dienone is 2. The van der Waals surface area contributed by atoms with Crippen molar-refractivity contribution >= 4 is 5.78 Å². The molecule has 2 rings (SSSR count). The van der Waals surface area contributed by atoms with E-state index in [1.54, 1.807) is 0 Å². The van der Waals surface area contributed by atoms with Crippen molar-refractivity contribution in [3.63, 3.8) is 0 Å². The van der Waals surface area contributed by atoms with Crippen molar-refractivity contribution in [3.05, 3.63) is 47.5 Å². The van der Waals surface area contributed by atoms with Crippen molar-refractivity contribution in [2.75, 3.05) is 0 Å². The molecule has 0 bridgehead atoms. The van der Waals surface area contributed by atoms with Crippen LogP contribution in [0.1, 0.15) is 43.0 Å². The van der Waals surface area contributed by atoms with Crippen LogP contribution in [0, 0.1) is 5.92 Å². The summed E-state index contributed by atoms with van der Waals surface area (Å²) >= 11 is 0. The first kappa shape index (κ1) is 11.1. The molecule has 1 nitrogen and oxygen atoms in total. The van der Waals surface area contributed by atoms with Crippen LogP contribution in [0.5, 0.6) is 0 Å². The van der Waals surface area contributed by atoms with E-state index in [1.165, 1.54) is 18.4 Å². The summed E-state index contributed by atoms with van der Waals surface area (Å²) in [5.41, 5.74) is 2.13. The van der Waals surface area contributed by atoms with Gasteiger partial charge in [0.15, 0.2) is 5.78 Å². The first-order valence-electron chi connectivity index (χ1n) is 6.04. The molecule has 1 saturated carbocycles. The molecule has 0 radical (unpaired) electrons. The van der Waals surface area contributed by atoms with Gasteiger partial charge in [-0.05, 0) is 37.7 Å². The van der Waals surface area contributed by atoms with Gasteiger partial charge in [-0.3, -0.25) is 4.79 Å². The van der Waals surface area contributed by atoms with E-state index < -0.39 is 0 Å². The minimum absolute atomic E-state index is 0.158. The summed E-state index contributed by atoms with van der Waals surface area (Å²) in [5, 5.41) is 0. The number of rotatable bonds is 2. The van der Waals surface area contributed by atoms with Gasteiger partial charge in [0.05, 0.1) is 0 Å². The fourth-order valence-electron chi connectivity index (χ4n) is 2.15. The van der Waals surface area contributed by atoms with Crippen molar-refractivity contribution in [1.82, 2.24) is 0 Å². The Labute approximate surface area is 97.2 Å². The minimum atomic E-state index is 0.158. The largest absolute Gasteiger partial charge is 0.289 e. The van der Waals surface area contributed by atoms with Gasteiger partial charge in [0, 0.05) is 5.56 Å². The molecule has 0 aliphatic heterocycles. The van der Waals surface area contributed by atoms with Gasteiger partial charge in [-0.15, -0.1) is 0 Å². The second-order valence-electron chi connectivity index (χ2n) is 4.72. The smallest absolute Gasteiger partial charge is 0.185 e. The Morgan fingerprint density at radius 1 is 1.19 bits per heavy atom. The monoisotopic (exact) mass is 214 g/mol. The second kappa shape index (κ2) is 5.11. The molecule has 1 aromatic rings. The van der Waals surface area contributed by atoms with Crippen molar-refractivity contribution < 1.29 is 4.79 Å². The van der Waals surface area contributed by atoms with Crippen LogP contribution in [0.25, 0.3) is 0 Å². The first-order valence-corrected chi connectivity index (χ1v) is 6.04. The Morgan fingerprint density at radius 2 is 1.81 bits per heavy atom. The molecule has 1 fully saturated rings. The Morgan fingerprint density at radius 3 is 2.44 bits per heavy atom. The maximum Gasteiger partial charge on any atom is 0.185 e. The molecule has 1 aliphatic carbocycles. The molecule has 0 spiro atoms. The Bertz CT molecular complexity index is 379. The third kappa shape index (κ3) is 2.82. The molecule has 0 atom stereocenters. The van der Waals surface area contributed by atoms with E-state index in [9.17, 15) is 4.79 Å². The van der Waals surface area contributed by atoms with E-state index in [0.717, 1.165) is 24.3 Å². The number of carbonyl (C=O) groups excluding carboxylic acids is 1. The van der Waals surface area contributed by atoms with Crippen LogP contribution >= 0.6 is 0 Å². The van der Waals surface area contributed by atoms with Gasteiger partial charge >= 0.3 is 0 Å². The zero-order valence-electron chi connectivity index (χ0n) is 9.78. The van der Waals surface area contributed by atoms with Crippen molar-refractivity contribution in [2.45, 2.75) is 32.6 Å². The Balaban J connectivity index is 2.04. The Hall–Kier alpha value is -1.37. The molecule has 16 heavy (non-hydrogen) atoms. The van der Waals surface area contributed by atoms with Crippen LogP contribution < -0.4 is 0 Å². The van der Waals surface area contributed by atoms with Gasteiger partial charge < -0.3 is 0 Å². The van der Waals surface area contributed by atoms with E-state index in [-0.39, 0.29) is 5.78 Å². The normalized spacial score (nSPS) is 20.6. The second-order valence-corrected chi connectivity index (χ2v) is 4.72. The molecular formula is C15H18O. The maximum atomic E-state index is 11.9. The molecule has 0 aromatic heterocycles. The summed E-state index contributed by atoms with van der Waals surface area (Å²) in [4.78, 5) is 11.9. The van der Waals surface area contributed by atoms with Gasteiger partial charge in [0.1, 0.15) is 0 Å². The van der Waals surface area contributed by atoms with Gasteiger partial charge in [0.2, 0.25) is 0 Å². The van der Waals surface area contributed by atoms with Crippen LogP contribution in [0.2, 0.25) is 0 Å². The summed E-state index contributed by atoms with van der Waals surface area (Å²) in [7, 11) is 0. The highest BCUT2D eigenvalue weighted by Crippen LogP contribution is 2.27. The lowest BCUT2D eigenvalue weighted by Crippen LogP contribution is -2.06. The predicted octanol–water partition coefficient (Wildman–Crippen LogP) is 4.01. The topological polar surface area (TPSA) is 17.1 Å². The highest BCUT2D eigenvalue weighted by Gasteiger charge is 2.13. The molecular weight excluding hydrogens is 196 g/mol. The maximum absolute atomic E-state index is 11.9. The molecule has 1 heteroatoms. The summed E-state index contributed by atoms with van der Waals surface area (Å²) in [6.45, 7) is 2.29. The summed E-state index contributed by atoms with van der Waals surface area (Å²) < 4.78 is 0. The predicted molar refractivity (Wildman–Crippen MR) is 66.5 cm³/mol. The van der Waals surface area contributed by atoms with Gasteiger partial charge in [-0.1, -0.05) is 42.8 Å². The zero-order valence-corrected chi connectivity index (χ0v) is 9.78. The van der Waals surface area contributed by atoms with Gasteiger partial charge in [0.25, 0.3) is 0 Å². The van der Waals surface area contributed by atoms with Crippen molar-refractivity contribution in [1.29, 1.82) is 0 Å². The summed E-state index contributed by atoms with van der Waals surface area (Å²) in [6, 6.07) is 9.52. The Kier molecular flexibility index (Phi) is 3.55. The minimum Gasteiger partial charge on any atom is -0.289 e. The molecule has 0 N–H and O–H groups in total. The summed E-state index contributed by atoms with van der Waals surface area (Å²) in [6.07, 6.45) is 6.50. The molecule has 84 valence electrons.